The molecular formula is C16H26F3IN4. The number of alkyl halides is 3. The standard InChI is InChI=1S/C16H25F3N4.HI/c1-4-20-15(21-10-11-23(3)12-16(17,18)19)22-13(2)14-8-6-5-7-9-14;/h5-9,13H,4,10-12H2,1-3H3,(H2,20,21,22);1H. The SMILES string of the molecule is CCNC(=NCCN(C)CC(F)(F)F)NC(C)c1ccccc1.I. The van der Waals surface area contributed by atoms with Crippen molar-refractivity contribution in [3.63, 3.8) is 0 Å². The van der Waals surface area contributed by atoms with Crippen molar-refractivity contribution in [3.8, 4) is 0 Å². The first-order chi connectivity index (χ1) is 10.8. The monoisotopic (exact) mass is 458 g/mol. The summed E-state index contributed by atoms with van der Waals surface area (Å²) in [4.78, 5) is 5.55. The molecule has 138 valence electrons. The molecule has 1 aromatic carbocycles. The van der Waals surface area contributed by atoms with Crippen LogP contribution < -0.4 is 10.6 Å². The Hall–Kier alpha value is -1.03. The summed E-state index contributed by atoms with van der Waals surface area (Å²) in [5.41, 5.74) is 1.12. The van der Waals surface area contributed by atoms with Crippen LogP contribution in [0, 0.1) is 0 Å². The molecule has 0 heterocycles. The van der Waals surface area contributed by atoms with Gasteiger partial charge in [-0.2, -0.15) is 13.2 Å². The highest BCUT2D eigenvalue weighted by Gasteiger charge is 2.28. The molecule has 0 saturated carbocycles. The molecule has 0 aliphatic heterocycles. The zero-order valence-electron chi connectivity index (χ0n) is 14.2. The van der Waals surface area contributed by atoms with Gasteiger partial charge in [-0.3, -0.25) is 9.89 Å². The lowest BCUT2D eigenvalue weighted by molar-refractivity contribution is -0.142. The van der Waals surface area contributed by atoms with Gasteiger partial charge < -0.3 is 10.6 Å². The normalized spacial score (nSPS) is 13.4. The van der Waals surface area contributed by atoms with Crippen LogP contribution in [0.2, 0.25) is 0 Å². The minimum absolute atomic E-state index is 0. The van der Waals surface area contributed by atoms with E-state index >= 15 is 0 Å². The second-order valence-electron chi connectivity index (χ2n) is 5.39. The number of likely N-dealkylation sites (N-methyl/N-ethyl adjacent to an activating group) is 1. The number of benzene rings is 1. The van der Waals surface area contributed by atoms with Crippen molar-refractivity contribution in [1.29, 1.82) is 0 Å². The maximum atomic E-state index is 12.3. The van der Waals surface area contributed by atoms with Crippen LogP contribution in [0.5, 0.6) is 0 Å². The third kappa shape index (κ3) is 9.96. The minimum atomic E-state index is -4.18. The molecule has 1 atom stereocenters. The van der Waals surface area contributed by atoms with Gasteiger partial charge in [-0.05, 0) is 26.5 Å². The van der Waals surface area contributed by atoms with E-state index in [4.69, 9.17) is 0 Å². The van der Waals surface area contributed by atoms with Gasteiger partial charge in [0.2, 0.25) is 0 Å². The lowest BCUT2D eigenvalue weighted by Gasteiger charge is -2.20. The largest absolute Gasteiger partial charge is 0.401 e. The Morgan fingerprint density at radius 3 is 2.42 bits per heavy atom. The van der Waals surface area contributed by atoms with E-state index in [0.29, 0.717) is 19.0 Å². The summed E-state index contributed by atoms with van der Waals surface area (Å²) in [6.45, 7) is 4.26. The third-order valence-electron chi connectivity index (χ3n) is 3.20. The number of nitrogens with one attached hydrogen (secondary N) is 2. The van der Waals surface area contributed by atoms with Gasteiger partial charge in [-0.15, -0.1) is 24.0 Å². The van der Waals surface area contributed by atoms with E-state index in [2.05, 4.69) is 15.6 Å². The van der Waals surface area contributed by atoms with Crippen LogP contribution in [0.4, 0.5) is 13.2 Å². The molecule has 8 heteroatoms. The van der Waals surface area contributed by atoms with Crippen molar-refractivity contribution in [2.75, 3.05) is 33.2 Å². The molecule has 0 radical (unpaired) electrons. The molecule has 0 bridgehead atoms. The fourth-order valence-corrected chi connectivity index (χ4v) is 2.07. The van der Waals surface area contributed by atoms with Crippen molar-refractivity contribution < 1.29 is 13.2 Å². The van der Waals surface area contributed by atoms with E-state index in [1.165, 1.54) is 11.9 Å². The summed E-state index contributed by atoms with van der Waals surface area (Å²) >= 11 is 0. The molecule has 4 nitrogen and oxygen atoms in total. The van der Waals surface area contributed by atoms with E-state index in [0.717, 1.165) is 5.56 Å². The molecule has 2 N–H and O–H groups in total. The Balaban J connectivity index is 0.00000529. The molecule has 1 unspecified atom stereocenters. The zero-order valence-corrected chi connectivity index (χ0v) is 16.6. The van der Waals surface area contributed by atoms with Gasteiger partial charge in [0, 0.05) is 13.1 Å². The number of hydrogen-bond donors (Lipinski definition) is 2. The van der Waals surface area contributed by atoms with Gasteiger partial charge in [-0.1, -0.05) is 30.3 Å². The third-order valence-corrected chi connectivity index (χ3v) is 3.20. The fraction of sp³-hybridized carbons (Fsp3) is 0.562. The van der Waals surface area contributed by atoms with Crippen LogP contribution in [-0.2, 0) is 0 Å². The maximum Gasteiger partial charge on any atom is 0.401 e. The fourth-order valence-electron chi connectivity index (χ4n) is 2.07. The van der Waals surface area contributed by atoms with Crippen molar-refractivity contribution >= 4 is 29.9 Å². The second kappa shape index (κ2) is 11.5. The zero-order chi connectivity index (χ0) is 17.3. The summed E-state index contributed by atoms with van der Waals surface area (Å²) < 4.78 is 36.8. The molecule has 0 aromatic heterocycles. The summed E-state index contributed by atoms with van der Waals surface area (Å²) in [5.74, 6) is 0.601. The molecule has 0 fully saturated rings. The first-order valence-electron chi connectivity index (χ1n) is 7.67. The van der Waals surface area contributed by atoms with Gasteiger partial charge in [-0.25, -0.2) is 0 Å². The number of rotatable bonds is 7. The van der Waals surface area contributed by atoms with Crippen LogP contribution in [0.25, 0.3) is 0 Å². The Bertz CT molecular complexity index is 480. The van der Waals surface area contributed by atoms with Crippen molar-refractivity contribution in [1.82, 2.24) is 15.5 Å². The topological polar surface area (TPSA) is 39.7 Å². The molecule has 0 saturated heterocycles. The van der Waals surface area contributed by atoms with Gasteiger partial charge >= 0.3 is 6.18 Å². The predicted molar refractivity (Wildman–Crippen MR) is 103 cm³/mol. The van der Waals surface area contributed by atoms with Crippen LogP contribution in [0.3, 0.4) is 0 Å². The lowest BCUT2D eigenvalue weighted by atomic mass is 10.1. The molecule has 0 aliphatic carbocycles. The van der Waals surface area contributed by atoms with Crippen LogP contribution >= 0.6 is 24.0 Å². The van der Waals surface area contributed by atoms with Gasteiger partial charge in [0.15, 0.2) is 5.96 Å². The average molecular weight is 458 g/mol. The molecule has 0 aliphatic rings. The number of hydrogen-bond acceptors (Lipinski definition) is 2. The van der Waals surface area contributed by atoms with E-state index in [-0.39, 0.29) is 36.6 Å². The molecule has 1 rings (SSSR count). The quantitative estimate of drug-likeness (QED) is 0.374. The summed E-state index contributed by atoms with van der Waals surface area (Å²) in [7, 11) is 1.44. The average Bonchev–Trinajstić information content (AvgIpc) is 2.46. The maximum absolute atomic E-state index is 12.3. The van der Waals surface area contributed by atoms with Crippen LogP contribution in [0.15, 0.2) is 35.3 Å². The van der Waals surface area contributed by atoms with Crippen LogP contribution in [0.1, 0.15) is 25.5 Å². The first-order valence-corrected chi connectivity index (χ1v) is 7.67. The second-order valence-corrected chi connectivity index (χ2v) is 5.39. The van der Waals surface area contributed by atoms with Crippen molar-refractivity contribution in [2.24, 2.45) is 4.99 Å². The molecular weight excluding hydrogens is 432 g/mol. The Labute approximate surface area is 158 Å². The highest BCUT2D eigenvalue weighted by atomic mass is 127. The molecule has 1 aromatic rings. The van der Waals surface area contributed by atoms with Crippen molar-refractivity contribution in [2.45, 2.75) is 26.1 Å². The van der Waals surface area contributed by atoms with Crippen molar-refractivity contribution in [3.05, 3.63) is 35.9 Å². The molecule has 0 amide bonds. The van der Waals surface area contributed by atoms with E-state index in [1.54, 1.807) is 0 Å². The molecule has 0 spiro atoms. The Kier molecular flexibility index (Phi) is 11.0. The minimum Gasteiger partial charge on any atom is -0.357 e. The summed E-state index contributed by atoms with van der Waals surface area (Å²) in [6.07, 6.45) is -4.18. The first kappa shape index (κ1) is 23.0. The van der Waals surface area contributed by atoms with Gasteiger partial charge in [0.25, 0.3) is 0 Å². The number of nitrogens with zero attached hydrogens (tertiary/aromatic N) is 2. The summed E-state index contributed by atoms with van der Waals surface area (Å²) in [6, 6.07) is 9.96. The van der Waals surface area contributed by atoms with E-state index in [9.17, 15) is 13.2 Å². The summed E-state index contributed by atoms with van der Waals surface area (Å²) in [5, 5.41) is 6.36. The molecule has 24 heavy (non-hydrogen) atoms. The van der Waals surface area contributed by atoms with E-state index in [1.807, 2.05) is 44.2 Å². The highest BCUT2D eigenvalue weighted by Crippen LogP contribution is 2.15. The number of guanidine groups is 1. The number of aliphatic imine (C=N–C) groups is 1. The Morgan fingerprint density at radius 1 is 1.25 bits per heavy atom. The lowest BCUT2D eigenvalue weighted by Crippen LogP contribution is -2.39. The smallest absolute Gasteiger partial charge is 0.357 e. The highest BCUT2D eigenvalue weighted by molar-refractivity contribution is 14.0. The number of halogens is 4. The predicted octanol–water partition coefficient (Wildman–Crippen LogP) is 3.41. The van der Waals surface area contributed by atoms with Crippen LogP contribution in [-0.4, -0.2) is 50.3 Å². The van der Waals surface area contributed by atoms with Gasteiger partial charge in [0.05, 0.1) is 19.1 Å². The van der Waals surface area contributed by atoms with E-state index < -0.39 is 12.7 Å². The van der Waals surface area contributed by atoms with Gasteiger partial charge in [0.1, 0.15) is 0 Å². The Morgan fingerprint density at radius 2 is 1.88 bits per heavy atom.